The first-order chi connectivity index (χ1) is 14.0. The molecule has 0 heterocycles. The van der Waals surface area contributed by atoms with E-state index in [-0.39, 0.29) is 13.2 Å². The third kappa shape index (κ3) is 25.8. The predicted molar refractivity (Wildman–Crippen MR) is 128 cm³/mol. The molecular weight excluding hydrogens is 425 g/mol. The number of unbranched alkanes of at least 4 members (excludes halogenated alkanes) is 8. The van der Waals surface area contributed by atoms with Gasteiger partial charge in [0, 0.05) is 20.1 Å². The summed E-state index contributed by atoms with van der Waals surface area (Å²) >= 11 is 5.21. The van der Waals surface area contributed by atoms with Crippen molar-refractivity contribution in [2.24, 2.45) is 0 Å². The van der Waals surface area contributed by atoms with Crippen LogP contribution < -0.4 is 5.32 Å². The number of quaternary nitrogens is 1. The number of rotatable bonds is 16. The van der Waals surface area contributed by atoms with Crippen molar-refractivity contribution in [3.63, 3.8) is 0 Å². The lowest BCUT2D eigenvalue weighted by molar-refractivity contribution is -0.870. The van der Waals surface area contributed by atoms with E-state index in [0.29, 0.717) is 17.6 Å². The molecule has 0 aromatic carbocycles. The number of likely N-dealkylation sites (N-methyl/N-ethyl adjacent to an activating group) is 1. The smallest absolute Gasteiger partial charge is 0.395 e. The minimum atomic E-state index is -4.26. The van der Waals surface area contributed by atoms with Crippen molar-refractivity contribution >= 4 is 25.2 Å². The standard InChI is InChI=1S/C15H32N2OS.C5H14NO4P/c1-3-4-5-6-7-8-9-10-11-12-17(13-14-18)15(19)16-2;1-6(2,3)4-5-10-11(7,8)9/h18H,3-14H2,1-2H3,(H,16,19);4-5H2,1-3H3,(H-,7,8,9)/p+1. The molecule has 10 heteroatoms. The van der Waals surface area contributed by atoms with Crippen molar-refractivity contribution in [2.75, 3.05) is 61.0 Å². The van der Waals surface area contributed by atoms with Crippen LogP contribution in [0.25, 0.3) is 0 Å². The van der Waals surface area contributed by atoms with Gasteiger partial charge >= 0.3 is 7.82 Å². The molecule has 0 aromatic rings. The minimum absolute atomic E-state index is 0.0772. The molecule has 0 aliphatic heterocycles. The van der Waals surface area contributed by atoms with E-state index in [1.54, 1.807) is 0 Å². The van der Waals surface area contributed by atoms with Gasteiger partial charge in [0.05, 0.1) is 27.7 Å². The first-order valence-electron chi connectivity index (χ1n) is 11.0. The number of nitrogens with zero attached hydrogens (tertiary/aromatic N) is 2. The molecule has 0 bridgehead atoms. The Morgan fingerprint density at radius 1 is 1.00 bits per heavy atom. The first-order valence-corrected chi connectivity index (χ1v) is 13.0. The molecule has 0 amide bonds. The molecule has 0 fully saturated rings. The maximum atomic E-state index is 10.2. The van der Waals surface area contributed by atoms with Gasteiger partial charge in [-0.05, 0) is 18.6 Å². The largest absolute Gasteiger partial charge is 0.469 e. The summed E-state index contributed by atoms with van der Waals surface area (Å²) in [5, 5.41) is 12.7. The Kier molecular flexibility index (Phi) is 20.6. The van der Waals surface area contributed by atoms with E-state index in [0.717, 1.165) is 18.1 Å². The lowest BCUT2D eigenvalue weighted by atomic mass is 10.1. The van der Waals surface area contributed by atoms with E-state index < -0.39 is 7.82 Å². The van der Waals surface area contributed by atoms with Gasteiger partial charge in [-0.15, -0.1) is 0 Å². The SMILES string of the molecule is CCCCCCCCCCCN(CCO)C(=S)NC.C[N+](C)(C)CCOP(=O)(O)O. The second-order valence-corrected chi connectivity index (χ2v) is 10.1. The molecule has 0 radical (unpaired) electrons. The highest BCUT2D eigenvalue weighted by Crippen LogP contribution is 2.35. The van der Waals surface area contributed by atoms with Crippen LogP contribution in [0.15, 0.2) is 0 Å². The summed E-state index contributed by atoms with van der Waals surface area (Å²) in [6, 6.07) is 0. The second kappa shape index (κ2) is 19.4. The van der Waals surface area contributed by atoms with Gasteiger partial charge in [-0.2, -0.15) is 0 Å². The van der Waals surface area contributed by atoms with E-state index in [9.17, 15) is 4.57 Å². The highest BCUT2D eigenvalue weighted by Gasteiger charge is 2.16. The summed E-state index contributed by atoms with van der Waals surface area (Å²) in [7, 11) is 3.33. The van der Waals surface area contributed by atoms with Gasteiger partial charge in [-0.3, -0.25) is 4.52 Å². The number of aliphatic hydroxyl groups excluding tert-OH is 1. The van der Waals surface area contributed by atoms with Crippen molar-refractivity contribution in [3.8, 4) is 0 Å². The molecule has 0 saturated heterocycles. The fourth-order valence-electron chi connectivity index (χ4n) is 2.64. The van der Waals surface area contributed by atoms with Crippen molar-refractivity contribution in [2.45, 2.75) is 64.7 Å². The van der Waals surface area contributed by atoms with Gasteiger partial charge in [-0.25, -0.2) is 4.57 Å². The summed E-state index contributed by atoms with van der Waals surface area (Å²) in [5.74, 6) is 0. The van der Waals surface area contributed by atoms with Gasteiger partial charge in [0.2, 0.25) is 0 Å². The number of aliphatic hydroxyl groups is 1. The van der Waals surface area contributed by atoms with Crippen LogP contribution in [-0.2, 0) is 9.09 Å². The molecule has 0 spiro atoms. The average Bonchev–Trinajstić information content (AvgIpc) is 2.63. The highest BCUT2D eigenvalue weighted by molar-refractivity contribution is 7.80. The van der Waals surface area contributed by atoms with E-state index >= 15 is 0 Å². The van der Waals surface area contributed by atoms with Crippen LogP contribution in [0.5, 0.6) is 0 Å². The molecule has 0 aromatic heterocycles. The molecule has 8 nitrogen and oxygen atoms in total. The molecule has 0 aliphatic rings. The van der Waals surface area contributed by atoms with E-state index in [2.05, 4.69) is 21.7 Å². The highest BCUT2D eigenvalue weighted by atomic mass is 32.1. The van der Waals surface area contributed by atoms with Gasteiger partial charge in [-0.1, -0.05) is 58.3 Å². The maximum absolute atomic E-state index is 10.2. The maximum Gasteiger partial charge on any atom is 0.469 e. The van der Waals surface area contributed by atoms with Crippen LogP contribution in [0.3, 0.4) is 0 Å². The van der Waals surface area contributed by atoms with Gasteiger partial charge in [0.15, 0.2) is 5.11 Å². The van der Waals surface area contributed by atoms with Crippen LogP contribution >= 0.6 is 20.0 Å². The molecule has 4 N–H and O–H groups in total. The lowest BCUT2D eigenvalue weighted by Gasteiger charge is -2.23. The summed E-state index contributed by atoms with van der Waals surface area (Å²) in [6.45, 7) is 4.67. The summed E-state index contributed by atoms with van der Waals surface area (Å²) < 4.78 is 15.1. The van der Waals surface area contributed by atoms with E-state index in [1.165, 1.54) is 51.4 Å². The Morgan fingerprint density at radius 3 is 1.90 bits per heavy atom. The van der Waals surface area contributed by atoms with Crippen LogP contribution in [0.1, 0.15) is 64.7 Å². The van der Waals surface area contributed by atoms with Gasteiger partial charge in [0.1, 0.15) is 13.2 Å². The monoisotopic (exact) mass is 472 g/mol. The lowest BCUT2D eigenvalue weighted by Crippen LogP contribution is -2.40. The van der Waals surface area contributed by atoms with E-state index in [4.69, 9.17) is 27.1 Å². The van der Waals surface area contributed by atoms with Crippen LogP contribution in [-0.4, -0.2) is 90.4 Å². The normalized spacial score (nSPS) is 11.6. The zero-order valence-corrected chi connectivity index (χ0v) is 21.5. The molecule has 0 unspecified atom stereocenters. The quantitative estimate of drug-likeness (QED) is 0.118. The minimum Gasteiger partial charge on any atom is -0.395 e. The third-order valence-corrected chi connectivity index (χ3v) is 5.41. The number of nitrogens with one attached hydrogen (secondary N) is 1. The molecule has 0 aliphatic carbocycles. The summed E-state index contributed by atoms with van der Waals surface area (Å²) in [5.41, 5.74) is 0. The molecule has 0 rings (SSSR count). The Morgan fingerprint density at radius 2 is 1.50 bits per heavy atom. The zero-order chi connectivity index (χ0) is 23.5. The Labute approximate surface area is 189 Å². The number of phosphoric ester groups is 1. The fraction of sp³-hybridized carbons (Fsp3) is 0.950. The van der Waals surface area contributed by atoms with Crippen molar-refractivity contribution < 1.29 is 28.5 Å². The van der Waals surface area contributed by atoms with Crippen LogP contribution in [0.4, 0.5) is 0 Å². The Balaban J connectivity index is 0. The predicted octanol–water partition coefficient (Wildman–Crippen LogP) is 3.12. The van der Waals surface area contributed by atoms with Gasteiger partial charge < -0.3 is 29.6 Å². The zero-order valence-electron chi connectivity index (χ0n) is 19.8. The number of hydrogen-bond acceptors (Lipinski definition) is 4. The third-order valence-electron chi connectivity index (χ3n) is 4.42. The summed E-state index contributed by atoms with van der Waals surface area (Å²) in [6.07, 6.45) is 12.0. The van der Waals surface area contributed by atoms with E-state index in [1.807, 2.05) is 28.2 Å². The van der Waals surface area contributed by atoms with Crippen LogP contribution in [0, 0.1) is 0 Å². The molecular formula is C20H47N3O5PS+. The fourth-order valence-corrected chi connectivity index (χ4v) is 3.14. The van der Waals surface area contributed by atoms with Crippen LogP contribution in [0.2, 0.25) is 0 Å². The topological polar surface area (TPSA) is 102 Å². The molecule has 0 atom stereocenters. The van der Waals surface area contributed by atoms with Crippen molar-refractivity contribution in [1.29, 1.82) is 0 Å². The van der Waals surface area contributed by atoms with Crippen molar-refractivity contribution in [3.05, 3.63) is 0 Å². The molecule has 30 heavy (non-hydrogen) atoms. The number of hydrogen-bond donors (Lipinski definition) is 4. The number of phosphoric acid groups is 1. The average molecular weight is 473 g/mol. The Bertz CT molecular complexity index is 458. The molecule has 182 valence electrons. The second-order valence-electron chi connectivity index (χ2n) is 8.43. The molecule has 0 saturated carbocycles. The number of thiocarbonyl (C=S) groups is 1. The first kappa shape index (κ1) is 31.9. The Hall–Kier alpha value is -0.280. The van der Waals surface area contributed by atoms with Crippen molar-refractivity contribution in [1.82, 2.24) is 10.2 Å². The van der Waals surface area contributed by atoms with Gasteiger partial charge in [0.25, 0.3) is 0 Å². The summed E-state index contributed by atoms with van der Waals surface area (Å²) in [4.78, 5) is 18.6.